The average molecular weight is 250 g/mol. The summed E-state index contributed by atoms with van der Waals surface area (Å²) in [6, 6.07) is 5.98. The summed E-state index contributed by atoms with van der Waals surface area (Å²) >= 11 is 0. The molecule has 0 bridgehead atoms. The first-order valence-electron chi connectivity index (χ1n) is 5.91. The third-order valence-corrected chi connectivity index (χ3v) is 2.50. The van der Waals surface area contributed by atoms with Gasteiger partial charge in [0.1, 0.15) is 0 Å². The number of nitrogens with two attached hydrogens (primary N) is 1. The summed E-state index contributed by atoms with van der Waals surface area (Å²) in [5.74, 6) is -1.22. The summed E-state index contributed by atoms with van der Waals surface area (Å²) in [5.41, 5.74) is 6.38. The van der Waals surface area contributed by atoms with Crippen LogP contribution in [0.2, 0.25) is 0 Å². The third kappa shape index (κ3) is 4.55. The van der Waals surface area contributed by atoms with Crippen LogP contribution in [0, 0.1) is 0 Å². The van der Waals surface area contributed by atoms with Crippen LogP contribution >= 0.6 is 0 Å². The normalized spacial score (nSPS) is 11.9. The number of carbonyl (C=O) groups is 2. The van der Waals surface area contributed by atoms with Crippen LogP contribution in [0.15, 0.2) is 24.3 Å². The molecule has 1 unspecified atom stereocenters. The van der Waals surface area contributed by atoms with E-state index in [2.05, 4.69) is 5.32 Å². The van der Waals surface area contributed by atoms with Crippen LogP contribution in [-0.4, -0.2) is 23.0 Å². The predicted molar refractivity (Wildman–Crippen MR) is 69.5 cm³/mol. The molecule has 0 aromatic heterocycles. The van der Waals surface area contributed by atoms with Gasteiger partial charge in [-0.15, -0.1) is 0 Å². The van der Waals surface area contributed by atoms with E-state index in [0.29, 0.717) is 5.69 Å². The number of nitrogens with one attached hydrogen (secondary N) is 1. The van der Waals surface area contributed by atoms with E-state index in [1.54, 1.807) is 12.1 Å². The zero-order chi connectivity index (χ0) is 13.5. The van der Waals surface area contributed by atoms with Crippen molar-refractivity contribution >= 4 is 17.6 Å². The highest BCUT2D eigenvalue weighted by Gasteiger charge is 2.10. The van der Waals surface area contributed by atoms with Crippen LogP contribution in [0.5, 0.6) is 0 Å². The second kappa shape index (κ2) is 6.76. The fraction of sp³-hybridized carbons (Fsp3) is 0.385. The fourth-order valence-corrected chi connectivity index (χ4v) is 1.65. The van der Waals surface area contributed by atoms with E-state index in [1.807, 2.05) is 6.92 Å². The van der Waals surface area contributed by atoms with Gasteiger partial charge in [-0.2, -0.15) is 0 Å². The number of anilines is 1. The summed E-state index contributed by atoms with van der Waals surface area (Å²) in [5, 5.41) is 11.5. The summed E-state index contributed by atoms with van der Waals surface area (Å²) in [4.78, 5) is 22.4. The largest absolute Gasteiger partial charge is 0.478 e. The second-order valence-electron chi connectivity index (χ2n) is 4.19. The molecule has 1 aromatic rings. The van der Waals surface area contributed by atoms with Crippen LogP contribution < -0.4 is 11.1 Å². The quantitative estimate of drug-likeness (QED) is 0.718. The van der Waals surface area contributed by atoms with Crippen molar-refractivity contribution in [2.45, 2.75) is 32.2 Å². The van der Waals surface area contributed by atoms with Crippen molar-refractivity contribution in [1.82, 2.24) is 0 Å². The lowest BCUT2D eigenvalue weighted by Crippen LogP contribution is -2.26. The van der Waals surface area contributed by atoms with Gasteiger partial charge in [-0.05, 0) is 24.6 Å². The molecular weight excluding hydrogens is 232 g/mol. The predicted octanol–water partition coefficient (Wildman–Crippen LogP) is 1.84. The molecule has 4 N–H and O–H groups in total. The van der Waals surface area contributed by atoms with Crippen molar-refractivity contribution in [2.75, 3.05) is 5.32 Å². The Morgan fingerprint density at radius 1 is 1.44 bits per heavy atom. The lowest BCUT2D eigenvalue weighted by atomic mass is 10.1. The Hall–Kier alpha value is -1.88. The molecular formula is C13H18N2O3. The Labute approximate surface area is 106 Å². The maximum atomic E-state index is 11.6. The minimum Gasteiger partial charge on any atom is -0.478 e. The van der Waals surface area contributed by atoms with Gasteiger partial charge >= 0.3 is 5.97 Å². The van der Waals surface area contributed by atoms with E-state index >= 15 is 0 Å². The molecule has 1 rings (SSSR count). The SMILES string of the molecule is CCCC(N)CC(=O)Nc1cccc(C(=O)O)c1. The van der Waals surface area contributed by atoms with Crippen molar-refractivity contribution in [2.24, 2.45) is 5.73 Å². The summed E-state index contributed by atoms with van der Waals surface area (Å²) in [6.45, 7) is 2.01. The number of hydrogen-bond acceptors (Lipinski definition) is 3. The third-order valence-electron chi connectivity index (χ3n) is 2.50. The van der Waals surface area contributed by atoms with Gasteiger partial charge in [-0.1, -0.05) is 19.4 Å². The second-order valence-corrected chi connectivity index (χ2v) is 4.19. The molecule has 1 amide bonds. The van der Waals surface area contributed by atoms with Gasteiger partial charge in [0, 0.05) is 18.2 Å². The van der Waals surface area contributed by atoms with Gasteiger partial charge in [0.25, 0.3) is 0 Å². The maximum Gasteiger partial charge on any atom is 0.335 e. The Bertz CT molecular complexity index is 432. The van der Waals surface area contributed by atoms with Crippen molar-refractivity contribution in [3.63, 3.8) is 0 Å². The maximum absolute atomic E-state index is 11.6. The van der Waals surface area contributed by atoms with E-state index in [0.717, 1.165) is 12.8 Å². The van der Waals surface area contributed by atoms with Gasteiger partial charge in [-0.25, -0.2) is 4.79 Å². The summed E-state index contributed by atoms with van der Waals surface area (Å²) in [6.07, 6.45) is 1.97. The van der Waals surface area contributed by atoms with Crippen molar-refractivity contribution in [3.05, 3.63) is 29.8 Å². The monoisotopic (exact) mass is 250 g/mol. The fourth-order valence-electron chi connectivity index (χ4n) is 1.65. The highest BCUT2D eigenvalue weighted by Crippen LogP contribution is 2.11. The number of carbonyl (C=O) groups excluding carboxylic acids is 1. The minimum atomic E-state index is -1.02. The van der Waals surface area contributed by atoms with Crippen LogP contribution in [0.4, 0.5) is 5.69 Å². The molecule has 0 aliphatic rings. The zero-order valence-corrected chi connectivity index (χ0v) is 10.3. The van der Waals surface area contributed by atoms with Gasteiger partial charge in [-0.3, -0.25) is 4.79 Å². The molecule has 1 aromatic carbocycles. The molecule has 98 valence electrons. The van der Waals surface area contributed by atoms with Crippen molar-refractivity contribution in [1.29, 1.82) is 0 Å². The topological polar surface area (TPSA) is 92.4 Å². The van der Waals surface area contributed by atoms with E-state index in [1.165, 1.54) is 12.1 Å². The summed E-state index contributed by atoms with van der Waals surface area (Å²) in [7, 11) is 0. The molecule has 0 radical (unpaired) electrons. The number of carboxylic acids is 1. The van der Waals surface area contributed by atoms with Gasteiger partial charge in [0.15, 0.2) is 0 Å². The first kappa shape index (κ1) is 14.2. The molecule has 1 atom stereocenters. The Morgan fingerprint density at radius 3 is 2.78 bits per heavy atom. The molecule has 18 heavy (non-hydrogen) atoms. The number of carboxylic acid groups (broad SMARTS) is 1. The molecule has 5 heteroatoms. The number of benzene rings is 1. The first-order valence-corrected chi connectivity index (χ1v) is 5.91. The molecule has 0 heterocycles. The Balaban J connectivity index is 2.59. The number of rotatable bonds is 6. The van der Waals surface area contributed by atoms with Crippen molar-refractivity contribution < 1.29 is 14.7 Å². The Kier molecular flexibility index (Phi) is 5.32. The molecule has 0 spiro atoms. The molecule has 5 nitrogen and oxygen atoms in total. The van der Waals surface area contributed by atoms with Gasteiger partial charge in [0.05, 0.1) is 5.56 Å². The highest BCUT2D eigenvalue weighted by molar-refractivity contribution is 5.94. The first-order chi connectivity index (χ1) is 8.52. The number of amides is 1. The van der Waals surface area contributed by atoms with E-state index < -0.39 is 5.97 Å². The lowest BCUT2D eigenvalue weighted by Gasteiger charge is -2.10. The van der Waals surface area contributed by atoms with Crippen LogP contribution in [0.25, 0.3) is 0 Å². The minimum absolute atomic E-state index is 0.144. The van der Waals surface area contributed by atoms with Gasteiger partial charge in [0.2, 0.25) is 5.91 Å². The van der Waals surface area contributed by atoms with Crippen molar-refractivity contribution in [3.8, 4) is 0 Å². The van der Waals surface area contributed by atoms with Crippen LogP contribution in [-0.2, 0) is 4.79 Å². The number of hydrogen-bond donors (Lipinski definition) is 3. The smallest absolute Gasteiger partial charge is 0.335 e. The summed E-state index contributed by atoms with van der Waals surface area (Å²) < 4.78 is 0. The lowest BCUT2D eigenvalue weighted by molar-refractivity contribution is -0.116. The molecule has 0 saturated carbocycles. The highest BCUT2D eigenvalue weighted by atomic mass is 16.4. The average Bonchev–Trinajstić information content (AvgIpc) is 2.29. The van der Waals surface area contributed by atoms with Crippen LogP contribution in [0.3, 0.4) is 0 Å². The standard InChI is InChI=1S/C13H18N2O3/c1-2-4-10(14)8-12(16)15-11-6-3-5-9(7-11)13(17)18/h3,5-7,10H,2,4,8,14H2,1H3,(H,15,16)(H,17,18). The number of aromatic carboxylic acids is 1. The van der Waals surface area contributed by atoms with Crippen LogP contribution in [0.1, 0.15) is 36.5 Å². The zero-order valence-electron chi connectivity index (χ0n) is 10.3. The Morgan fingerprint density at radius 2 is 2.17 bits per heavy atom. The molecule has 0 fully saturated rings. The van der Waals surface area contributed by atoms with Gasteiger partial charge < -0.3 is 16.2 Å². The molecule has 0 aliphatic carbocycles. The van der Waals surface area contributed by atoms with E-state index in [-0.39, 0.29) is 23.9 Å². The van der Waals surface area contributed by atoms with E-state index in [4.69, 9.17) is 10.8 Å². The molecule has 0 aliphatic heterocycles. The molecule has 0 saturated heterocycles. The van der Waals surface area contributed by atoms with E-state index in [9.17, 15) is 9.59 Å².